The normalized spacial score (nSPS) is 25.9. The van der Waals surface area contributed by atoms with Gasteiger partial charge < -0.3 is 9.64 Å². The molecule has 2 fully saturated rings. The van der Waals surface area contributed by atoms with Gasteiger partial charge in [0.1, 0.15) is 6.17 Å². The van der Waals surface area contributed by atoms with Crippen LogP contribution in [0.3, 0.4) is 0 Å². The van der Waals surface area contributed by atoms with E-state index >= 15 is 0 Å². The van der Waals surface area contributed by atoms with Crippen molar-refractivity contribution in [3.8, 4) is 0 Å². The van der Waals surface area contributed by atoms with E-state index in [1.54, 1.807) is 0 Å². The molecule has 108 valence electrons. The number of hydrogen-bond donors (Lipinski definition) is 1. The van der Waals surface area contributed by atoms with Crippen LogP contribution in [0.25, 0.3) is 0 Å². The lowest BCUT2D eigenvalue weighted by atomic mass is 9.81. The van der Waals surface area contributed by atoms with Crippen molar-refractivity contribution in [1.29, 1.82) is 0 Å². The molecule has 2 heterocycles. The zero-order valence-electron chi connectivity index (χ0n) is 12.0. The predicted octanol–water partition coefficient (Wildman–Crippen LogP) is 1.93. The monoisotopic (exact) mass is 274 g/mol. The summed E-state index contributed by atoms with van der Waals surface area (Å²) in [6, 6.07) is 10.2. The Morgan fingerprint density at radius 1 is 1.30 bits per heavy atom. The Hall–Kier alpha value is -1.39. The van der Waals surface area contributed by atoms with Crippen molar-refractivity contribution in [1.82, 2.24) is 10.2 Å². The minimum absolute atomic E-state index is 0.0170. The first-order valence-corrected chi connectivity index (χ1v) is 7.34. The molecule has 4 nitrogen and oxygen atoms in total. The van der Waals surface area contributed by atoms with E-state index < -0.39 is 0 Å². The molecule has 0 saturated carbocycles. The van der Waals surface area contributed by atoms with Crippen LogP contribution in [0.1, 0.15) is 31.5 Å². The fraction of sp³-hybridized carbons (Fsp3) is 0.562. The quantitative estimate of drug-likeness (QED) is 0.916. The molecule has 2 aliphatic rings. The topological polar surface area (TPSA) is 41.6 Å². The molecule has 0 aliphatic carbocycles. The molecule has 0 spiro atoms. The van der Waals surface area contributed by atoms with Gasteiger partial charge in [0.2, 0.25) is 5.91 Å². The van der Waals surface area contributed by atoms with E-state index in [1.807, 2.05) is 23.1 Å². The van der Waals surface area contributed by atoms with Crippen LogP contribution >= 0.6 is 0 Å². The summed E-state index contributed by atoms with van der Waals surface area (Å²) in [5.74, 6) is 0.201. The van der Waals surface area contributed by atoms with Gasteiger partial charge >= 0.3 is 0 Å². The Bertz CT molecular complexity index is 469. The van der Waals surface area contributed by atoms with Gasteiger partial charge in [0.25, 0.3) is 0 Å². The second-order valence-electron chi connectivity index (χ2n) is 6.14. The number of rotatable bonds is 3. The summed E-state index contributed by atoms with van der Waals surface area (Å²) in [4.78, 5) is 14.2. The molecule has 2 saturated heterocycles. The second kappa shape index (κ2) is 5.54. The van der Waals surface area contributed by atoms with Gasteiger partial charge in [-0.1, -0.05) is 37.3 Å². The molecule has 1 aromatic carbocycles. The second-order valence-corrected chi connectivity index (χ2v) is 6.14. The molecule has 2 aliphatic heterocycles. The van der Waals surface area contributed by atoms with Crippen LogP contribution in [0.2, 0.25) is 0 Å². The van der Waals surface area contributed by atoms with Gasteiger partial charge in [-0.3, -0.25) is 10.1 Å². The molecule has 0 aromatic heterocycles. The zero-order chi connectivity index (χ0) is 14.0. The maximum atomic E-state index is 12.2. The molecule has 1 N–H and O–H groups in total. The molecule has 3 rings (SSSR count). The molecular formula is C16H22N2O2. The van der Waals surface area contributed by atoms with Crippen LogP contribution in [0.5, 0.6) is 0 Å². The lowest BCUT2D eigenvalue weighted by Crippen LogP contribution is -2.42. The summed E-state index contributed by atoms with van der Waals surface area (Å²) in [6.45, 7) is 5.13. The fourth-order valence-corrected chi connectivity index (χ4v) is 3.09. The van der Waals surface area contributed by atoms with E-state index in [0.29, 0.717) is 6.54 Å². The third-order valence-electron chi connectivity index (χ3n) is 4.45. The van der Waals surface area contributed by atoms with Gasteiger partial charge in [-0.15, -0.1) is 0 Å². The Morgan fingerprint density at radius 2 is 2.00 bits per heavy atom. The van der Waals surface area contributed by atoms with Crippen LogP contribution in [-0.4, -0.2) is 37.1 Å². The zero-order valence-corrected chi connectivity index (χ0v) is 12.0. The Balaban J connectivity index is 1.77. The van der Waals surface area contributed by atoms with Crippen LogP contribution < -0.4 is 5.32 Å². The highest BCUT2D eigenvalue weighted by Crippen LogP contribution is 2.34. The van der Waals surface area contributed by atoms with E-state index in [9.17, 15) is 4.79 Å². The number of nitrogens with zero attached hydrogens (tertiary/aromatic N) is 1. The molecule has 0 radical (unpaired) electrons. The van der Waals surface area contributed by atoms with Crippen molar-refractivity contribution in [2.45, 2.75) is 25.9 Å². The van der Waals surface area contributed by atoms with E-state index in [1.165, 1.54) is 0 Å². The van der Waals surface area contributed by atoms with Crippen molar-refractivity contribution in [2.24, 2.45) is 5.41 Å². The van der Waals surface area contributed by atoms with Gasteiger partial charge in [-0.2, -0.15) is 0 Å². The first-order valence-electron chi connectivity index (χ1n) is 7.34. The summed E-state index contributed by atoms with van der Waals surface area (Å²) in [5.41, 5.74) is 1.33. The summed E-state index contributed by atoms with van der Waals surface area (Å²) in [6.07, 6.45) is 2.07. The van der Waals surface area contributed by atoms with Crippen LogP contribution in [0.4, 0.5) is 0 Å². The number of hydrogen-bond acceptors (Lipinski definition) is 3. The Kier molecular flexibility index (Phi) is 3.76. The van der Waals surface area contributed by atoms with E-state index in [2.05, 4.69) is 24.4 Å². The first kappa shape index (κ1) is 13.6. The number of benzene rings is 1. The van der Waals surface area contributed by atoms with Gasteiger partial charge in [0.05, 0.1) is 6.54 Å². The largest absolute Gasteiger partial charge is 0.381 e. The molecule has 1 amide bonds. The number of amides is 1. The highest BCUT2D eigenvalue weighted by atomic mass is 16.5. The number of nitrogens with one attached hydrogen (secondary N) is 1. The first-order chi connectivity index (χ1) is 9.68. The lowest BCUT2D eigenvalue weighted by Gasteiger charge is -2.38. The maximum absolute atomic E-state index is 12.2. The smallest absolute Gasteiger partial charge is 0.238 e. The van der Waals surface area contributed by atoms with Crippen molar-refractivity contribution < 1.29 is 9.53 Å². The molecule has 4 heteroatoms. The van der Waals surface area contributed by atoms with E-state index in [4.69, 9.17) is 4.74 Å². The van der Waals surface area contributed by atoms with Crippen LogP contribution in [-0.2, 0) is 9.53 Å². The van der Waals surface area contributed by atoms with Crippen LogP contribution in [0.15, 0.2) is 30.3 Å². The average Bonchev–Trinajstić information content (AvgIpc) is 2.81. The molecule has 20 heavy (non-hydrogen) atoms. The summed E-state index contributed by atoms with van der Waals surface area (Å²) in [7, 11) is 0. The minimum atomic E-state index is 0.0170. The summed E-state index contributed by atoms with van der Waals surface area (Å²) < 4.78 is 5.45. The van der Waals surface area contributed by atoms with Gasteiger partial charge in [0, 0.05) is 19.8 Å². The fourth-order valence-electron chi connectivity index (χ4n) is 3.09. The Labute approximate surface area is 120 Å². The van der Waals surface area contributed by atoms with Crippen molar-refractivity contribution in [3.63, 3.8) is 0 Å². The van der Waals surface area contributed by atoms with Crippen LogP contribution in [0, 0.1) is 5.41 Å². The Morgan fingerprint density at radius 3 is 2.70 bits per heavy atom. The van der Waals surface area contributed by atoms with Gasteiger partial charge in [0.15, 0.2) is 0 Å². The summed E-state index contributed by atoms with van der Waals surface area (Å²) >= 11 is 0. The number of carbonyl (C=O) groups excluding carboxylic acids is 1. The molecule has 0 bridgehead atoms. The van der Waals surface area contributed by atoms with Crippen molar-refractivity contribution in [3.05, 3.63) is 35.9 Å². The third-order valence-corrected chi connectivity index (χ3v) is 4.45. The highest BCUT2D eigenvalue weighted by Gasteiger charge is 2.38. The third kappa shape index (κ3) is 2.72. The van der Waals surface area contributed by atoms with Crippen molar-refractivity contribution >= 4 is 5.91 Å². The standard InChI is InChI=1S/C16H22N2O2/c1-16(7-9-20-10-8-16)12-18-14(19)11-17-15(18)13-5-3-2-4-6-13/h2-6,15,17H,7-12H2,1H3. The molecule has 1 aromatic rings. The number of carbonyl (C=O) groups is 1. The van der Waals surface area contributed by atoms with Crippen molar-refractivity contribution in [2.75, 3.05) is 26.3 Å². The molecular weight excluding hydrogens is 252 g/mol. The molecule has 1 atom stereocenters. The minimum Gasteiger partial charge on any atom is -0.381 e. The highest BCUT2D eigenvalue weighted by molar-refractivity contribution is 5.81. The average molecular weight is 274 g/mol. The SMILES string of the molecule is CC1(CN2C(=O)CNC2c2ccccc2)CCOCC1. The van der Waals surface area contributed by atoms with E-state index in [-0.39, 0.29) is 17.5 Å². The lowest BCUT2D eigenvalue weighted by molar-refractivity contribution is -0.130. The maximum Gasteiger partial charge on any atom is 0.238 e. The molecule has 1 unspecified atom stereocenters. The van der Waals surface area contributed by atoms with E-state index in [0.717, 1.165) is 38.2 Å². The van der Waals surface area contributed by atoms with Gasteiger partial charge in [-0.05, 0) is 23.8 Å². The predicted molar refractivity (Wildman–Crippen MR) is 77.1 cm³/mol. The summed E-state index contributed by atoms with van der Waals surface area (Å²) in [5, 5.41) is 3.32. The van der Waals surface area contributed by atoms with Gasteiger partial charge in [-0.25, -0.2) is 0 Å². The number of ether oxygens (including phenoxy) is 1.